The number of halogens is 1. The second kappa shape index (κ2) is 8.81. The number of aromatic hydroxyl groups is 1. The predicted molar refractivity (Wildman–Crippen MR) is 137 cm³/mol. The van der Waals surface area contributed by atoms with Crippen LogP contribution >= 0.6 is 11.6 Å². The van der Waals surface area contributed by atoms with Crippen molar-refractivity contribution in [2.24, 2.45) is 7.05 Å². The van der Waals surface area contributed by atoms with E-state index in [9.17, 15) is 19.8 Å². The Morgan fingerprint density at radius 2 is 1.66 bits per heavy atom. The molecular formula is C28H21ClN2O4. The molecule has 0 unspecified atom stereocenters. The number of nitrogens with zero attached hydrogens (tertiary/aromatic N) is 2. The number of aliphatic carboxylic acids is 1. The van der Waals surface area contributed by atoms with Crippen molar-refractivity contribution in [2.45, 2.75) is 0 Å². The molecule has 35 heavy (non-hydrogen) atoms. The Bertz CT molecular complexity index is 1500. The summed E-state index contributed by atoms with van der Waals surface area (Å²) in [5.74, 6) is -1.29. The number of rotatable bonds is 5. The molecule has 1 aliphatic rings. The highest BCUT2D eigenvalue weighted by molar-refractivity contribution is 6.39. The number of aromatic nitrogens is 1. The van der Waals surface area contributed by atoms with E-state index in [1.54, 1.807) is 24.3 Å². The first-order valence-corrected chi connectivity index (χ1v) is 11.3. The van der Waals surface area contributed by atoms with E-state index in [1.165, 1.54) is 4.90 Å². The lowest BCUT2D eigenvalue weighted by atomic mass is 9.96. The van der Waals surface area contributed by atoms with Crippen LogP contribution in [-0.2, 0) is 16.6 Å². The number of carbonyl (C=O) groups excluding carboxylic acids is 1. The summed E-state index contributed by atoms with van der Waals surface area (Å²) in [7, 11) is 1.89. The van der Waals surface area contributed by atoms with Gasteiger partial charge in [-0.2, -0.15) is 0 Å². The van der Waals surface area contributed by atoms with Gasteiger partial charge in [-0.25, -0.2) is 0 Å². The molecule has 0 saturated carbocycles. The van der Waals surface area contributed by atoms with Gasteiger partial charge in [-0.05, 0) is 47.0 Å². The number of carbonyl (C=O) groups is 2. The van der Waals surface area contributed by atoms with Crippen LogP contribution in [0.3, 0.4) is 0 Å². The zero-order chi connectivity index (χ0) is 24.7. The van der Waals surface area contributed by atoms with Crippen molar-refractivity contribution in [3.05, 3.63) is 95.3 Å². The van der Waals surface area contributed by atoms with E-state index in [-0.39, 0.29) is 11.7 Å². The number of benzene rings is 3. The minimum Gasteiger partial charge on any atom is -0.507 e. The summed E-state index contributed by atoms with van der Waals surface area (Å²) in [6.45, 7) is -0.455. The number of amides is 1. The molecule has 2 heterocycles. The molecule has 174 valence electrons. The van der Waals surface area contributed by atoms with Crippen LogP contribution in [0.1, 0.15) is 11.1 Å². The number of phenols is 1. The van der Waals surface area contributed by atoms with Gasteiger partial charge in [-0.15, -0.1) is 0 Å². The monoisotopic (exact) mass is 484 g/mol. The molecule has 7 heteroatoms. The number of anilines is 1. The van der Waals surface area contributed by atoms with Crippen LogP contribution in [0, 0.1) is 0 Å². The fourth-order valence-corrected chi connectivity index (χ4v) is 4.62. The number of aryl methyl sites for hydroxylation is 1. The molecule has 0 fully saturated rings. The van der Waals surface area contributed by atoms with Gasteiger partial charge in [-0.3, -0.25) is 14.5 Å². The van der Waals surface area contributed by atoms with E-state index in [4.69, 9.17) is 11.6 Å². The van der Waals surface area contributed by atoms with Gasteiger partial charge in [0.15, 0.2) is 0 Å². The molecule has 3 aromatic carbocycles. The first kappa shape index (κ1) is 22.5. The summed E-state index contributed by atoms with van der Waals surface area (Å²) >= 11 is 6.64. The maximum atomic E-state index is 13.2. The Morgan fingerprint density at radius 3 is 2.29 bits per heavy atom. The van der Waals surface area contributed by atoms with Crippen molar-refractivity contribution >= 4 is 40.8 Å². The first-order chi connectivity index (χ1) is 16.8. The molecule has 0 atom stereocenters. The number of carboxylic acid groups (broad SMARTS) is 1. The maximum absolute atomic E-state index is 13.2. The highest BCUT2D eigenvalue weighted by atomic mass is 35.5. The number of para-hydroxylation sites is 1. The lowest BCUT2D eigenvalue weighted by Crippen LogP contribution is -2.32. The van der Waals surface area contributed by atoms with E-state index in [2.05, 4.69) is 0 Å². The van der Waals surface area contributed by atoms with Crippen molar-refractivity contribution in [3.63, 3.8) is 0 Å². The summed E-state index contributed by atoms with van der Waals surface area (Å²) in [5.41, 5.74) is 5.49. The summed E-state index contributed by atoms with van der Waals surface area (Å²) in [5, 5.41) is 19.9. The molecule has 1 aromatic heterocycles. The average molecular weight is 485 g/mol. The Labute approximate surface area is 206 Å². The maximum Gasteiger partial charge on any atom is 0.323 e. The van der Waals surface area contributed by atoms with Crippen molar-refractivity contribution in [3.8, 4) is 28.0 Å². The Hall–Kier alpha value is -4.29. The van der Waals surface area contributed by atoms with Gasteiger partial charge in [0, 0.05) is 41.7 Å². The second-order valence-electron chi connectivity index (χ2n) is 8.40. The van der Waals surface area contributed by atoms with E-state index in [0.29, 0.717) is 21.8 Å². The van der Waals surface area contributed by atoms with Gasteiger partial charge in [0.25, 0.3) is 5.91 Å². The fraction of sp³-hybridized carbons (Fsp3) is 0.0714. The molecule has 5 rings (SSSR count). The number of hydrogen-bond donors (Lipinski definition) is 2. The van der Waals surface area contributed by atoms with Gasteiger partial charge in [0.1, 0.15) is 12.3 Å². The van der Waals surface area contributed by atoms with Crippen LogP contribution < -0.4 is 4.90 Å². The van der Waals surface area contributed by atoms with Crippen LogP contribution in [0.5, 0.6) is 5.75 Å². The van der Waals surface area contributed by atoms with E-state index in [0.717, 1.165) is 27.8 Å². The Kier molecular flexibility index (Phi) is 5.67. The highest BCUT2D eigenvalue weighted by Gasteiger charge is 2.34. The molecule has 0 aliphatic carbocycles. The molecule has 0 spiro atoms. The molecule has 1 aliphatic heterocycles. The molecule has 4 aromatic rings. The molecular weight excluding hydrogens is 464 g/mol. The smallest absolute Gasteiger partial charge is 0.323 e. The molecule has 0 radical (unpaired) electrons. The second-order valence-corrected chi connectivity index (χ2v) is 8.80. The SMILES string of the molecule is Cn1ccc(C=C2C(=O)N(CC(=O)O)c3cc(Cl)c(-c4ccc(-c5ccccc5O)cc4)cc32)c1. The van der Waals surface area contributed by atoms with E-state index >= 15 is 0 Å². The van der Waals surface area contributed by atoms with Gasteiger partial charge in [-0.1, -0.05) is 54.1 Å². The van der Waals surface area contributed by atoms with Gasteiger partial charge < -0.3 is 14.8 Å². The fourth-order valence-electron chi connectivity index (χ4n) is 4.35. The highest BCUT2D eigenvalue weighted by Crippen LogP contribution is 2.44. The largest absolute Gasteiger partial charge is 0.507 e. The van der Waals surface area contributed by atoms with Gasteiger partial charge >= 0.3 is 5.97 Å². The molecule has 6 nitrogen and oxygen atoms in total. The zero-order valence-electron chi connectivity index (χ0n) is 18.8. The quantitative estimate of drug-likeness (QED) is 0.356. The summed E-state index contributed by atoms with van der Waals surface area (Å²) in [6.07, 6.45) is 5.53. The topological polar surface area (TPSA) is 82.8 Å². The minimum absolute atomic E-state index is 0.198. The average Bonchev–Trinajstić information content (AvgIpc) is 3.35. The van der Waals surface area contributed by atoms with Crippen molar-refractivity contribution in [2.75, 3.05) is 11.4 Å². The number of hydrogen-bond acceptors (Lipinski definition) is 3. The Balaban J connectivity index is 1.60. The van der Waals surface area contributed by atoms with Crippen molar-refractivity contribution in [1.82, 2.24) is 4.57 Å². The van der Waals surface area contributed by atoms with Crippen LogP contribution in [0.4, 0.5) is 5.69 Å². The van der Waals surface area contributed by atoms with E-state index < -0.39 is 12.5 Å². The molecule has 1 amide bonds. The van der Waals surface area contributed by atoms with Crippen molar-refractivity contribution in [1.29, 1.82) is 0 Å². The lowest BCUT2D eigenvalue weighted by molar-refractivity contribution is -0.136. The van der Waals surface area contributed by atoms with Crippen LogP contribution in [0.25, 0.3) is 33.9 Å². The van der Waals surface area contributed by atoms with Crippen LogP contribution in [0.2, 0.25) is 5.02 Å². The third-order valence-corrected chi connectivity index (χ3v) is 6.32. The zero-order valence-corrected chi connectivity index (χ0v) is 19.5. The Morgan fingerprint density at radius 1 is 0.971 bits per heavy atom. The molecule has 0 saturated heterocycles. The van der Waals surface area contributed by atoms with E-state index in [1.807, 2.05) is 72.5 Å². The lowest BCUT2D eigenvalue weighted by Gasteiger charge is -2.15. The molecule has 2 N–H and O–H groups in total. The van der Waals surface area contributed by atoms with Crippen LogP contribution in [0.15, 0.2) is 79.1 Å². The third kappa shape index (κ3) is 4.20. The first-order valence-electron chi connectivity index (χ1n) is 10.9. The standard InChI is InChI=1S/C28H21ClN2O4/c1-30-11-10-17(15-30)12-23-22-13-21(24(29)14-25(22)31(28(23)35)16-27(33)34)19-8-6-18(7-9-19)20-4-2-3-5-26(20)32/h2-15,32H,16H2,1H3,(H,33,34). The minimum atomic E-state index is -1.11. The number of phenolic OH excluding ortho intramolecular Hbond substituents is 1. The number of fused-ring (bicyclic) bond motifs is 1. The summed E-state index contributed by atoms with van der Waals surface area (Å²) in [6, 6.07) is 20.1. The van der Waals surface area contributed by atoms with Gasteiger partial charge in [0.2, 0.25) is 0 Å². The predicted octanol–water partition coefficient (Wildman–Crippen LogP) is 5.69. The van der Waals surface area contributed by atoms with Crippen molar-refractivity contribution < 1.29 is 19.8 Å². The molecule has 0 bridgehead atoms. The summed E-state index contributed by atoms with van der Waals surface area (Å²) in [4.78, 5) is 25.9. The normalized spacial score (nSPS) is 13.9. The van der Waals surface area contributed by atoms with Gasteiger partial charge in [0.05, 0.1) is 10.7 Å². The van der Waals surface area contributed by atoms with Crippen LogP contribution in [-0.4, -0.2) is 33.2 Å². The third-order valence-electron chi connectivity index (χ3n) is 6.01. The summed E-state index contributed by atoms with van der Waals surface area (Å²) < 4.78 is 1.88. The number of carboxylic acids is 1.